The van der Waals surface area contributed by atoms with Crippen molar-refractivity contribution in [2.45, 2.75) is 26.3 Å². The molecule has 1 aromatic rings. The van der Waals surface area contributed by atoms with Crippen LogP contribution in [-0.2, 0) is 4.79 Å². The van der Waals surface area contributed by atoms with Crippen LogP contribution in [0.2, 0.25) is 0 Å². The average molecular weight is 274 g/mol. The smallest absolute Gasteiger partial charge is 0.144 e. The van der Waals surface area contributed by atoms with Crippen molar-refractivity contribution >= 4 is 17.7 Å². The van der Waals surface area contributed by atoms with Gasteiger partial charge in [-0.3, -0.25) is 0 Å². The molecule has 0 amide bonds. The van der Waals surface area contributed by atoms with Crippen LogP contribution in [0.25, 0.3) is 5.70 Å². The predicted octanol–water partition coefficient (Wildman–Crippen LogP) is 2.76. The molecule has 0 bridgehead atoms. The summed E-state index contributed by atoms with van der Waals surface area (Å²) in [6, 6.07) is 5.89. The molecule has 0 spiro atoms. The van der Waals surface area contributed by atoms with Gasteiger partial charge < -0.3 is 19.7 Å². The maximum absolute atomic E-state index is 11.0. The Morgan fingerprint density at radius 3 is 2.90 bits per heavy atom. The number of rotatable bonds is 4. The summed E-state index contributed by atoms with van der Waals surface area (Å²) in [4.78, 5) is 13.2. The van der Waals surface area contributed by atoms with Gasteiger partial charge in [-0.2, -0.15) is 0 Å². The SMILES string of the molecule is C=C1c2ccc(NC(C)(C)C=O)cc2OCCN1CC. The Kier molecular flexibility index (Phi) is 4.02. The highest BCUT2D eigenvalue weighted by Crippen LogP contribution is 2.33. The average Bonchev–Trinajstić information content (AvgIpc) is 2.57. The van der Waals surface area contributed by atoms with Crippen LogP contribution in [0, 0.1) is 0 Å². The molecule has 20 heavy (non-hydrogen) atoms. The van der Waals surface area contributed by atoms with E-state index in [1.807, 2.05) is 32.0 Å². The lowest BCUT2D eigenvalue weighted by molar-refractivity contribution is -0.110. The maximum Gasteiger partial charge on any atom is 0.144 e. The molecule has 0 radical (unpaired) electrons. The van der Waals surface area contributed by atoms with Crippen molar-refractivity contribution < 1.29 is 9.53 Å². The van der Waals surface area contributed by atoms with Crippen molar-refractivity contribution in [1.82, 2.24) is 4.90 Å². The summed E-state index contributed by atoms with van der Waals surface area (Å²) >= 11 is 0. The molecule has 0 unspecified atom stereocenters. The first kappa shape index (κ1) is 14.4. The molecular formula is C16H22N2O2. The molecule has 0 atom stereocenters. The Balaban J connectivity index is 2.30. The molecule has 0 aliphatic carbocycles. The van der Waals surface area contributed by atoms with E-state index in [2.05, 4.69) is 23.7 Å². The summed E-state index contributed by atoms with van der Waals surface area (Å²) in [5.74, 6) is 0.817. The Morgan fingerprint density at radius 2 is 2.25 bits per heavy atom. The first-order chi connectivity index (χ1) is 9.46. The van der Waals surface area contributed by atoms with Gasteiger partial charge in [-0.1, -0.05) is 6.58 Å². The van der Waals surface area contributed by atoms with E-state index in [4.69, 9.17) is 4.74 Å². The van der Waals surface area contributed by atoms with Crippen LogP contribution < -0.4 is 10.1 Å². The van der Waals surface area contributed by atoms with Gasteiger partial charge in [0.05, 0.1) is 12.1 Å². The lowest BCUT2D eigenvalue weighted by Gasteiger charge is -2.23. The van der Waals surface area contributed by atoms with Gasteiger partial charge in [-0.15, -0.1) is 0 Å². The number of carbonyl (C=O) groups is 1. The fourth-order valence-corrected chi connectivity index (χ4v) is 2.28. The summed E-state index contributed by atoms with van der Waals surface area (Å²) in [6.45, 7) is 12.3. The predicted molar refractivity (Wildman–Crippen MR) is 82.0 cm³/mol. The van der Waals surface area contributed by atoms with Crippen LogP contribution in [-0.4, -0.2) is 36.4 Å². The van der Waals surface area contributed by atoms with Gasteiger partial charge >= 0.3 is 0 Å². The molecule has 108 valence electrons. The van der Waals surface area contributed by atoms with E-state index in [0.717, 1.165) is 42.1 Å². The van der Waals surface area contributed by atoms with Crippen molar-refractivity contribution in [3.63, 3.8) is 0 Å². The Labute approximate surface area is 120 Å². The number of fused-ring (bicyclic) bond motifs is 1. The zero-order valence-corrected chi connectivity index (χ0v) is 12.4. The second-order valence-corrected chi connectivity index (χ2v) is 5.55. The van der Waals surface area contributed by atoms with E-state index in [-0.39, 0.29) is 0 Å². The van der Waals surface area contributed by atoms with Crippen molar-refractivity contribution in [2.75, 3.05) is 25.0 Å². The lowest BCUT2D eigenvalue weighted by atomic mass is 10.1. The van der Waals surface area contributed by atoms with Crippen LogP contribution in [0.15, 0.2) is 24.8 Å². The van der Waals surface area contributed by atoms with E-state index in [1.165, 1.54) is 0 Å². The molecule has 0 aromatic heterocycles. The summed E-state index contributed by atoms with van der Waals surface area (Å²) in [5, 5.41) is 3.19. The number of benzene rings is 1. The highest BCUT2D eigenvalue weighted by molar-refractivity contribution is 5.74. The number of ether oxygens (including phenoxy) is 1. The molecule has 1 aliphatic heterocycles. The minimum Gasteiger partial charge on any atom is -0.491 e. The largest absolute Gasteiger partial charge is 0.491 e. The van der Waals surface area contributed by atoms with Crippen LogP contribution in [0.4, 0.5) is 5.69 Å². The number of carbonyl (C=O) groups excluding carboxylic acids is 1. The molecule has 0 saturated carbocycles. The van der Waals surface area contributed by atoms with Crippen molar-refractivity contribution in [1.29, 1.82) is 0 Å². The van der Waals surface area contributed by atoms with Crippen LogP contribution in [0.5, 0.6) is 5.75 Å². The monoisotopic (exact) mass is 274 g/mol. The molecule has 1 aromatic carbocycles. The molecule has 1 heterocycles. The fraction of sp³-hybridized carbons (Fsp3) is 0.438. The van der Waals surface area contributed by atoms with Crippen LogP contribution in [0.1, 0.15) is 26.3 Å². The number of nitrogens with one attached hydrogen (secondary N) is 1. The van der Waals surface area contributed by atoms with Crippen molar-refractivity contribution in [2.24, 2.45) is 0 Å². The van der Waals surface area contributed by atoms with Gasteiger partial charge in [0, 0.05) is 29.6 Å². The summed E-state index contributed by atoms with van der Waals surface area (Å²) < 4.78 is 5.81. The van der Waals surface area contributed by atoms with E-state index in [9.17, 15) is 4.79 Å². The number of anilines is 1. The molecule has 4 heteroatoms. The standard InChI is InChI=1S/C16H22N2O2/c1-5-18-8-9-20-15-10-13(17-16(3,4)11-19)6-7-14(15)12(18)2/h6-7,10-11,17H,2,5,8-9H2,1,3-4H3. The van der Waals surface area contributed by atoms with E-state index < -0.39 is 5.54 Å². The van der Waals surface area contributed by atoms with Crippen LogP contribution >= 0.6 is 0 Å². The maximum atomic E-state index is 11.0. The fourth-order valence-electron chi connectivity index (χ4n) is 2.28. The number of likely N-dealkylation sites (N-methyl/N-ethyl adjacent to an activating group) is 1. The Bertz CT molecular complexity index is 523. The van der Waals surface area contributed by atoms with Gasteiger partial charge in [0.25, 0.3) is 0 Å². The zero-order chi connectivity index (χ0) is 14.8. The normalized spacial score (nSPS) is 15.2. The lowest BCUT2D eigenvalue weighted by Crippen LogP contribution is -2.32. The molecule has 1 aliphatic rings. The van der Waals surface area contributed by atoms with E-state index in [0.29, 0.717) is 6.61 Å². The molecule has 1 N–H and O–H groups in total. The van der Waals surface area contributed by atoms with Crippen molar-refractivity contribution in [3.8, 4) is 5.75 Å². The van der Waals surface area contributed by atoms with E-state index >= 15 is 0 Å². The zero-order valence-electron chi connectivity index (χ0n) is 12.4. The first-order valence-corrected chi connectivity index (χ1v) is 6.92. The molecular weight excluding hydrogens is 252 g/mol. The third kappa shape index (κ3) is 2.95. The number of aldehydes is 1. The number of nitrogens with zero attached hydrogens (tertiary/aromatic N) is 1. The summed E-state index contributed by atoms with van der Waals surface area (Å²) in [6.07, 6.45) is 0.900. The van der Waals surface area contributed by atoms with E-state index in [1.54, 1.807) is 0 Å². The third-order valence-corrected chi connectivity index (χ3v) is 3.44. The Hall–Kier alpha value is -1.97. The van der Waals surface area contributed by atoms with Gasteiger partial charge in [0.2, 0.25) is 0 Å². The second-order valence-electron chi connectivity index (χ2n) is 5.55. The van der Waals surface area contributed by atoms with Gasteiger partial charge in [-0.05, 0) is 32.9 Å². The summed E-state index contributed by atoms with van der Waals surface area (Å²) in [7, 11) is 0. The third-order valence-electron chi connectivity index (χ3n) is 3.44. The molecule has 0 fully saturated rings. The number of hydrogen-bond acceptors (Lipinski definition) is 4. The molecule has 0 saturated heterocycles. The van der Waals surface area contributed by atoms with Gasteiger partial charge in [0.1, 0.15) is 18.6 Å². The highest BCUT2D eigenvalue weighted by Gasteiger charge is 2.20. The minimum atomic E-state index is -0.592. The first-order valence-electron chi connectivity index (χ1n) is 6.92. The second kappa shape index (κ2) is 5.57. The number of hydrogen-bond donors (Lipinski definition) is 1. The van der Waals surface area contributed by atoms with Crippen LogP contribution in [0.3, 0.4) is 0 Å². The highest BCUT2D eigenvalue weighted by atomic mass is 16.5. The molecule has 4 nitrogen and oxygen atoms in total. The summed E-state index contributed by atoms with van der Waals surface area (Å²) in [5.41, 5.74) is 2.28. The van der Waals surface area contributed by atoms with Gasteiger partial charge in [-0.25, -0.2) is 0 Å². The molecule has 2 rings (SSSR count). The Morgan fingerprint density at radius 1 is 1.50 bits per heavy atom. The van der Waals surface area contributed by atoms with Gasteiger partial charge in [0.15, 0.2) is 0 Å². The topological polar surface area (TPSA) is 41.6 Å². The van der Waals surface area contributed by atoms with Crippen molar-refractivity contribution in [3.05, 3.63) is 30.3 Å². The quantitative estimate of drug-likeness (QED) is 0.857. The minimum absolute atomic E-state index is 0.592.